The minimum atomic E-state index is -1.15. The third kappa shape index (κ3) is 1.61. The smallest absolute Gasteiger partial charge is 0.341 e. The molecule has 3 N–H and O–H groups in total. The number of rotatable bonds is 2. The molecule has 0 aromatic heterocycles. The summed E-state index contributed by atoms with van der Waals surface area (Å²) in [6.07, 6.45) is 0. The SMILES string of the molecule is COc1cc(C)c(Cl)c(N)c1C(=O)O. The Labute approximate surface area is 86.2 Å². The third-order valence-electron chi connectivity index (χ3n) is 1.88. The summed E-state index contributed by atoms with van der Waals surface area (Å²) in [6.45, 7) is 1.73. The van der Waals surface area contributed by atoms with Crippen LogP contribution in [-0.2, 0) is 0 Å². The second kappa shape index (κ2) is 3.75. The van der Waals surface area contributed by atoms with E-state index in [4.69, 9.17) is 27.2 Å². The van der Waals surface area contributed by atoms with Crippen LogP contribution in [0.15, 0.2) is 6.07 Å². The number of anilines is 1. The zero-order chi connectivity index (χ0) is 10.9. The first-order valence-electron chi connectivity index (χ1n) is 3.85. The van der Waals surface area contributed by atoms with Gasteiger partial charge in [0.05, 0.1) is 17.8 Å². The van der Waals surface area contributed by atoms with Crippen molar-refractivity contribution >= 4 is 23.3 Å². The van der Waals surface area contributed by atoms with Crippen molar-refractivity contribution in [3.05, 3.63) is 22.2 Å². The summed E-state index contributed by atoms with van der Waals surface area (Å²) in [7, 11) is 1.38. The van der Waals surface area contributed by atoms with Crippen LogP contribution in [0, 0.1) is 6.92 Å². The second-order valence-electron chi connectivity index (χ2n) is 2.80. The van der Waals surface area contributed by atoms with Crippen LogP contribution < -0.4 is 10.5 Å². The molecule has 4 nitrogen and oxygen atoms in total. The van der Waals surface area contributed by atoms with Gasteiger partial charge in [-0.05, 0) is 18.6 Å². The van der Waals surface area contributed by atoms with Crippen LogP contribution in [0.4, 0.5) is 5.69 Å². The fourth-order valence-corrected chi connectivity index (χ4v) is 1.32. The average molecular weight is 216 g/mol. The van der Waals surface area contributed by atoms with Gasteiger partial charge in [0, 0.05) is 0 Å². The maximum Gasteiger partial charge on any atom is 0.341 e. The number of nitrogen functional groups attached to an aromatic ring is 1. The van der Waals surface area contributed by atoms with Crippen LogP contribution in [-0.4, -0.2) is 18.2 Å². The van der Waals surface area contributed by atoms with Crippen LogP contribution in [0.25, 0.3) is 0 Å². The van der Waals surface area contributed by atoms with E-state index < -0.39 is 5.97 Å². The Kier molecular flexibility index (Phi) is 2.86. The van der Waals surface area contributed by atoms with Crippen LogP contribution >= 0.6 is 11.6 Å². The van der Waals surface area contributed by atoms with E-state index in [0.717, 1.165) is 0 Å². The molecule has 0 amide bonds. The summed E-state index contributed by atoms with van der Waals surface area (Å²) in [5, 5.41) is 9.13. The molecule has 0 aliphatic rings. The van der Waals surface area contributed by atoms with Crippen LogP contribution in [0.3, 0.4) is 0 Å². The lowest BCUT2D eigenvalue weighted by Gasteiger charge is -2.11. The molecule has 0 spiro atoms. The molecule has 5 heteroatoms. The van der Waals surface area contributed by atoms with Crippen molar-refractivity contribution in [1.82, 2.24) is 0 Å². The number of hydrogen-bond donors (Lipinski definition) is 2. The number of methoxy groups -OCH3 is 1. The highest BCUT2D eigenvalue weighted by molar-refractivity contribution is 6.34. The van der Waals surface area contributed by atoms with Gasteiger partial charge in [-0.1, -0.05) is 11.6 Å². The molecule has 0 aliphatic carbocycles. The summed E-state index contributed by atoms with van der Waals surface area (Å²) in [5.74, 6) is -0.932. The summed E-state index contributed by atoms with van der Waals surface area (Å²) < 4.78 is 4.90. The molecule has 0 heterocycles. The van der Waals surface area contributed by atoms with Gasteiger partial charge >= 0.3 is 5.97 Å². The molecule has 14 heavy (non-hydrogen) atoms. The van der Waals surface area contributed by atoms with Gasteiger partial charge in [-0.2, -0.15) is 0 Å². The van der Waals surface area contributed by atoms with Crippen molar-refractivity contribution in [3.63, 3.8) is 0 Å². The highest BCUT2D eigenvalue weighted by atomic mass is 35.5. The van der Waals surface area contributed by atoms with Crippen LogP contribution in [0.5, 0.6) is 5.75 Å². The standard InChI is InChI=1S/C9H10ClNO3/c1-4-3-5(14-2)6(9(12)13)8(11)7(4)10/h3H,11H2,1-2H3,(H,12,13). The Morgan fingerprint density at radius 3 is 2.64 bits per heavy atom. The highest BCUT2D eigenvalue weighted by Crippen LogP contribution is 2.33. The van der Waals surface area contributed by atoms with E-state index >= 15 is 0 Å². The second-order valence-corrected chi connectivity index (χ2v) is 3.18. The number of ether oxygens (including phenoxy) is 1. The lowest BCUT2D eigenvalue weighted by Crippen LogP contribution is -2.06. The third-order valence-corrected chi connectivity index (χ3v) is 2.38. The van der Waals surface area contributed by atoms with Gasteiger partial charge in [0.15, 0.2) is 0 Å². The number of benzene rings is 1. The Morgan fingerprint density at radius 1 is 1.64 bits per heavy atom. The Morgan fingerprint density at radius 2 is 2.21 bits per heavy atom. The molecule has 0 saturated heterocycles. The van der Waals surface area contributed by atoms with Gasteiger partial charge in [0.2, 0.25) is 0 Å². The molecule has 0 bridgehead atoms. The quantitative estimate of drug-likeness (QED) is 0.740. The van der Waals surface area contributed by atoms with E-state index in [1.807, 2.05) is 0 Å². The predicted molar refractivity (Wildman–Crippen MR) is 54.1 cm³/mol. The number of carboxylic acid groups (broad SMARTS) is 1. The van der Waals surface area contributed by atoms with E-state index in [1.54, 1.807) is 13.0 Å². The van der Waals surface area contributed by atoms with E-state index in [2.05, 4.69) is 0 Å². The largest absolute Gasteiger partial charge is 0.496 e. The van der Waals surface area contributed by atoms with E-state index in [9.17, 15) is 4.79 Å². The number of hydrogen-bond acceptors (Lipinski definition) is 3. The number of halogens is 1. The van der Waals surface area contributed by atoms with Gasteiger partial charge in [-0.3, -0.25) is 0 Å². The summed E-state index contributed by atoms with van der Waals surface area (Å²) in [6, 6.07) is 1.54. The maximum atomic E-state index is 10.8. The normalized spacial score (nSPS) is 9.93. The molecular weight excluding hydrogens is 206 g/mol. The Bertz CT molecular complexity index is 390. The van der Waals surface area contributed by atoms with Crippen molar-refractivity contribution in [2.75, 3.05) is 12.8 Å². The van der Waals surface area contributed by atoms with Crippen molar-refractivity contribution in [3.8, 4) is 5.75 Å². The molecular formula is C9H10ClNO3. The molecule has 1 aromatic carbocycles. The summed E-state index contributed by atoms with van der Waals surface area (Å²) in [4.78, 5) is 10.8. The van der Waals surface area contributed by atoms with E-state index in [-0.39, 0.29) is 22.0 Å². The molecule has 0 saturated carbocycles. The molecule has 76 valence electrons. The first kappa shape index (κ1) is 10.7. The summed E-state index contributed by atoms with van der Waals surface area (Å²) in [5.41, 5.74) is 6.20. The topological polar surface area (TPSA) is 72.5 Å². The Hall–Kier alpha value is -1.42. The molecule has 1 rings (SSSR count). The maximum absolute atomic E-state index is 10.8. The molecule has 0 radical (unpaired) electrons. The number of carbonyl (C=O) groups is 1. The molecule has 0 fully saturated rings. The number of aromatic carboxylic acids is 1. The predicted octanol–water partition coefficient (Wildman–Crippen LogP) is 1.94. The molecule has 0 atom stereocenters. The van der Waals surface area contributed by atoms with Gasteiger partial charge in [-0.15, -0.1) is 0 Å². The highest BCUT2D eigenvalue weighted by Gasteiger charge is 2.18. The Balaban J connectivity index is 3.53. The van der Waals surface area contributed by atoms with Crippen molar-refractivity contribution in [2.24, 2.45) is 0 Å². The lowest BCUT2D eigenvalue weighted by atomic mass is 10.1. The van der Waals surface area contributed by atoms with Gasteiger partial charge in [-0.25, -0.2) is 4.79 Å². The lowest BCUT2D eigenvalue weighted by molar-refractivity contribution is 0.0694. The van der Waals surface area contributed by atoms with Crippen LogP contribution in [0.1, 0.15) is 15.9 Å². The fraction of sp³-hybridized carbons (Fsp3) is 0.222. The minimum absolute atomic E-state index is 0.0380. The molecule has 0 aliphatic heterocycles. The van der Waals surface area contributed by atoms with Crippen molar-refractivity contribution in [2.45, 2.75) is 6.92 Å². The number of nitrogens with two attached hydrogens (primary N) is 1. The fourth-order valence-electron chi connectivity index (χ4n) is 1.17. The summed E-state index contributed by atoms with van der Waals surface area (Å²) >= 11 is 5.81. The first-order valence-corrected chi connectivity index (χ1v) is 4.22. The number of carboxylic acids is 1. The van der Waals surface area contributed by atoms with Gasteiger partial charge in [0.1, 0.15) is 11.3 Å². The molecule has 1 aromatic rings. The van der Waals surface area contributed by atoms with Crippen molar-refractivity contribution in [1.29, 1.82) is 0 Å². The van der Waals surface area contributed by atoms with Gasteiger partial charge in [0.25, 0.3) is 0 Å². The van der Waals surface area contributed by atoms with Gasteiger partial charge < -0.3 is 15.6 Å². The van der Waals surface area contributed by atoms with E-state index in [0.29, 0.717) is 5.56 Å². The zero-order valence-electron chi connectivity index (χ0n) is 7.80. The zero-order valence-corrected chi connectivity index (χ0v) is 8.55. The first-order chi connectivity index (χ1) is 6.49. The average Bonchev–Trinajstić information content (AvgIpc) is 2.12. The van der Waals surface area contributed by atoms with Crippen molar-refractivity contribution < 1.29 is 14.6 Å². The minimum Gasteiger partial charge on any atom is -0.496 e. The van der Waals surface area contributed by atoms with Crippen LogP contribution in [0.2, 0.25) is 5.02 Å². The number of aryl methyl sites for hydroxylation is 1. The van der Waals surface area contributed by atoms with E-state index in [1.165, 1.54) is 7.11 Å². The monoisotopic (exact) mass is 215 g/mol. The molecule has 0 unspecified atom stereocenters.